The molecule has 0 aliphatic carbocycles. The predicted molar refractivity (Wildman–Crippen MR) is 86.1 cm³/mol. The Morgan fingerprint density at radius 2 is 1.82 bits per heavy atom. The molecule has 1 aliphatic rings. The van der Waals surface area contributed by atoms with Crippen LogP contribution in [0.15, 0.2) is 6.07 Å². The van der Waals surface area contributed by atoms with Gasteiger partial charge in [-0.05, 0) is 47.6 Å². The maximum atomic E-state index is 12.2. The van der Waals surface area contributed by atoms with E-state index in [0.29, 0.717) is 19.6 Å². The predicted octanol–water partition coefficient (Wildman–Crippen LogP) is 2.54. The Balaban J connectivity index is 2.05. The van der Waals surface area contributed by atoms with E-state index in [2.05, 4.69) is 14.9 Å². The number of amides is 1. The number of hydrogen-bond donors (Lipinski definition) is 0. The molecule has 2 heterocycles. The third-order valence-corrected chi connectivity index (χ3v) is 3.51. The minimum absolute atomic E-state index is 0.0630. The van der Waals surface area contributed by atoms with Gasteiger partial charge in [0.15, 0.2) is 0 Å². The smallest absolute Gasteiger partial charge is 0.410 e. The lowest BCUT2D eigenvalue weighted by atomic mass is 10.2. The molecule has 0 bridgehead atoms. The van der Waals surface area contributed by atoms with Crippen molar-refractivity contribution in [1.29, 1.82) is 0 Å². The highest BCUT2D eigenvalue weighted by Crippen LogP contribution is 2.19. The Kier molecular flexibility index (Phi) is 4.58. The summed E-state index contributed by atoms with van der Waals surface area (Å²) in [6, 6.07) is 2.03. The summed E-state index contributed by atoms with van der Waals surface area (Å²) in [5, 5.41) is 0. The van der Waals surface area contributed by atoms with Crippen LogP contribution in [-0.2, 0) is 4.74 Å². The Bertz CT molecular complexity index is 533. The van der Waals surface area contributed by atoms with E-state index in [0.717, 1.165) is 17.3 Å². The lowest BCUT2D eigenvalue weighted by molar-refractivity contribution is 0.0158. The molecule has 22 heavy (non-hydrogen) atoms. The molecule has 0 spiro atoms. The fraction of sp³-hybridized carbons (Fsp3) is 0.688. The molecule has 1 saturated heterocycles. The lowest BCUT2D eigenvalue weighted by Gasteiger charge is -2.40. The summed E-state index contributed by atoms with van der Waals surface area (Å²) in [5.41, 5.74) is 1.46. The average Bonchev–Trinajstić information content (AvgIpc) is 2.35. The van der Waals surface area contributed by atoms with Crippen molar-refractivity contribution < 1.29 is 9.53 Å². The topological polar surface area (TPSA) is 58.6 Å². The van der Waals surface area contributed by atoms with E-state index in [1.807, 2.05) is 47.6 Å². The van der Waals surface area contributed by atoms with Crippen LogP contribution in [0, 0.1) is 13.8 Å². The van der Waals surface area contributed by atoms with Gasteiger partial charge in [0.1, 0.15) is 5.60 Å². The fourth-order valence-electron chi connectivity index (χ4n) is 2.58. The van der Waals surface area contributed by atoms with E-state index >= 15 is 0 Å². The molecule has 1 atom stereocenters. The van der Waals surface area contributed by atoms with Gasteiger partial charge in [-0.2, -0.15) is 0 Å². The number of aromatic nitrogens is 2. The first-order valence-corrected chi connectivity index (χ1v) is 7.72. The maximum absolute atomic E-state index is 12.2. The number of ether oxygens (including phenoxy) is 1. The summed E-state index contributed by atoms with van der Waals surface area (Å²) >= 11 is 0. The van der Waals surface area contributed by atoms with E-state index < -0.39 is 5.60 Å². The second-order valence-corrected chi connectivity index (χ2v) is 6.92. The number of hydrogen-bond acceptors (Lipinski definition) is 5. The second kappa shape index (κ2) is 6.10. The normalized spacial score (nSPS) is 19.3. The minimum Gasteiger partial charge on any atom is -0.444 e. The van der Waals surface area contributed by atoms with Gasteiger partial charge in [0, 0.05) is 37.1 Å². The summed E-state index contributed by atoms with van der Waals surface area (Å²) in [6.45, 7) is 13.7. The summed E-state index contributed by atoms with van der Waals surface area (Å²) in [6.07, 6.45) is -0.249. The molecule has 1 aliphatic heterocycles. The SMILES string of the molecule is Cc1cc(C)nc(N2CCN(C(=O)OC(C)(C)C)C(C)C2)n1. The van der Waals surface area contributed by atoms with Crippen LogP contribution in [0.3, 0.4) is 0 Å². The molecule has 1 unspecified atom stereocenters. The van der Waals surface area contributed by atoms with E-state index in [4.69, 9.17) is 4.74 Å². The lowest BCUT2D eigenvalue weighted by Crippen LogP contribution is -2.55. The van der Waals surface area contributed by atoms with Crippen molar-refractivity contribution in [3.8, 4) is 0 Å². The van der Waals surface area contributed by atoms with Crippen LogP contribution in [0.25, 0.3) is 0 Å². The molecule has 1 aromatic heterocycles. The van der Waals surface area contributed by atoms with Gasteiger partial charge in [-0.25, -0.2) is 14.8 Å². The zero-order valence-corrected chi connectivity index (χ0v) is 14.4. The van der Waals surface area contributed by atoms with Crippen LogP contribution in [0.1, 0.15) is 39.1 Å². The highest BCUT2D eigenvalue weighted by atomic mass is 16.6. The van der Waals surface area contributed by atoms with Gasteiger partial charge in [0.25, 0.3) is 0 Å². The summed E-state index contributed by atoms with van der Waals surface area (Å²) < 4.78 is 5.46. The molecule has 0 aromatic carbocycles. The van der Waals surface area contributed by atoms with Crippen LogP contribution < -0.4 is 4.90 Å². The zero-order chi connectivity index (χ0) is 16.5. The first-order chi connectivity index (χ1) is 10.2. The molecule has 1 fully saturated rings. The Labute approximate surface area is 132 Å². The first kappa shape index (κ1) is 16.5. The number of carbonyl (C=O) groups excluding carboxylic acids is 1. The number of aryl methyl sites for hydroxylation is 2. The van der Waals surface area contributed by atoms with E-state index in [9.17, 15) is 4.79 Å². The molecule has 0 N–H and O–H groups in total. The van der Waals surface area contributed by atoms with Crippen molar-refractivity contribution in [2.75, 3.05) is 24.5 Å². The van der Waals surface area contributed by atoms with Gasteiger partial charge in [0.2, 0.25) is 5.95 Å². The average molecular weight is 306 g/mol. The Morgan fingerprint density at radius 3 is 2.32 bits per heavy atom. The molecule has 6 nitrogen and oxygen atoms in total. The molecular weight excluding hydrogens is 280 g/mol. The van der Waals surface area contributed by atoms with Crippen molar-refractivity contribution >= 4 is 12.0 Å². The van der Waals surface area contributed by atoms with Crippen LogP contribution in [0.5, 0.6) is 0 Å². The highest BCUT2D eigenvalue weighted by molar-refractivity contribution is 5.69. The minimum atomic E-state index is -0.468. The summed E-state index contributed by atoms with van der Waals surface area (Å²) in [7, 11) is 0. The summed E-state index contributed by atoms with van der Waals surface area (Å²) in [4.78, 5) is 25.1. The molecular formula is C16H26N4O2. The van der Waals surface area contributed by atoms with Crippen molar-refractivity contribution in [1.82, 2.24) is 14.9 Å². The molecule has 1 amide bonds. The van der Waals surface area contributed by atoms with E-state index in [1.165, 1.54) is 0 Å². The van der Waals surface area contributed by atoms with Gasteiger partial charge in [0.05, 0.1) is 0 Å². The molecule has 6 heteroatoms. The maximum Gasteiger partial charge on any atom is 0.410 e. The number of carbonyl (C=O) groups is 1. The number of anilines is 1. The van der Waals surface area contributed by atoms with Gasteiger partial charge in [-0.3, -0.25) is 0 Å². The first-order valence-electron chi connectivity index (χ1n) is 7.72. The van der Waals surface area contributed by atoms with Crippen LogP contribution in [0.2, 0.25) is 0 Å². The standard InChI is InChI=1S/C16H26N4O2/c1-11-9-12(2)18-14(17-11)19-7-8-20(13(3)10-19)15(21)22-16(4,5)6/h9,13H,7-8,10H2,1-6H3. The highest BCUT2D eigenvalue weighted by Gasteiger charge is 2.31. The van der Waals surface area contributed by atoms with E-state index in [1.54, 1.807) is 4.90 Å². The quantitative estimate of drug-likeness (QED) is 0.798. The number of rotatable bonds is 1. The van der Waals surface area contributed by atoms with Crippen molar-refractivity contribution in [2.24, 2.45) is 0 Å². The largest absolute Gasteiger partial charge is 0.444 e. The number of piperazine rings is 1. The molecule has 122 valence electrons. The van der Waals surface area contributed by atoms with E-state index in [-0.39, 0.29) is 12.1 Å². The monoisotopic (exact) mass is 306 g/mol. The molecule has 1 aromatic rings. The van der Waals surface area contributed by atoms with Gasteiger partial charge in [-0.15, -0.1) is 0 Å². The van der Waals surface area contributed by atoms with Crippen LogP contribution in [0.4, 0.5) is 10.7 Å². The van der Waals surface area contributed by atoms with Gasteiger partial charge < -0.3 is 14.5 Å². The third kappa shape index (κ3) is 4.08. The summed E-state index contributed by atoms with van der Waals surface area (Å²) in [5.74, 6) is 0.744. The van der Waals surface area contributed by atoms with Crippen molar-refractivity contribution in [2.45, 2.75) is 53.2 Å². The molecule has 0 saturated carbocycles. The van der Waals surface area contributed by atoms with Crippen molar-refractivity contribution in [3.63, 3.8) is 0 Å². The van der Waals surface area contributed by atoms with Gasteiger partial charge >= 0.3 is 6.09 Å². The molecule has 2 rings (SSSR count). The van der Waals surface area contributed by atoms with Crippen LogP contribution in [-0.4, -0.2) is 52.2 Å². The van der Waals surface area contributed by atoms with Crippen LogP contribution >= 0.6 is 0 Å². The van der Waals surface area contributed by atoms with Gasteiger partial charge in [-0.1, -0.05) is 0 Å². The molecule has 0 radical (unpaired) electrons. The Morgan fingerprint density at radius 1 is 1.23 bits per heavy atom. The van der Waals surface area contributed by atoms with Crippen molar-refractivity contribution in [3.05, 3.63) is 17.5 Å². The zero-order valence-electron chi connectivity index (χ0n) is 14.4. The Hall–Kier alpha value is -1.85. The third-order valence-electron chi connectivity index (χ3n) is 3.51. The second-order valence-electron chi connectivity index (χ2n) is 6.92. The number of nitrogens with zero attached hydrogens (tertiary/aromatic N) is 4. The fourth-order valence-corrected chi connectivity index (χ4v) is 2.58.